The Kier molecular flexibility index (Phi) is 10.7. The molecule has 2 amide bonds. The van der Waals surface area contributed by atoms with Crippen LogP contribution in [0, 0.1) is 5.92 Å². The number of carbonyl (C=O) groups excluding carboxylic acids is 2. The number of nitrogens with zero attached hydrogens (tertiary/aromatic N) is 1. The molecule has 2 N–H and O–H groups in total. The van der Waals surface area contributed by atoms with Crippen molar-refractivity contribution < 1.29 is 18.0 Å². The molecule has 3 aromatic carbocycles. The van der Waals surface area contributed by atoms with Crippen molar-refractivity contribution in [1.29, 1.82) is 0 Å². The molecule has 0 saturated heterocycles. The fraction of sp³-hybridized carbons (Fsp3) is 0.394. The lowest BCUT2D eigenvalue weighted by atomic mass is 10.0. The highest BCUT2D eigenvalue weighted by Gasteiger charge is 2.30. The highest BCUT2D eigenvalue weighted by Crippen LogP contribution is 2.23. The van der Waals surface area contributed by atoms with E-state index in [2.05, 4.69) is 23.9 Å². The number of sulfonamides is 1. The minimum atomic E-state index is -3.53. The molecule has 0 radical (unpaired) electrons. The molecule has 1 aliphatic rings. The van der Waals surface area contributed by atoms with E-state index in [4.69, 9.17) is 0 Å². The van der Waals surface area contributed by atoms with Gasteiger partial charge in [0.25, 0.3) is 0 Å². The third-order valence-corrected chi connectivity index (χ3v) is 8.78. The Morgan fingerprint density at radius 3 is 2.05 bits per heavy atom. The summed E-state index contributed by atoms with van der Waals surface area (Å²) in [7, 11) is -3.53. The summed E-state index contributed by atoms with van der Waals surface area (Å²) in [6, 6.07) is 25.6. The van der Waals surface area contributed by atoms with Gasteiger partial charge in [-0.1, -0.05) is 86.6 Å². The summed E-state index contributed by atoms with van der Waals surface area (Å²) in [6.45, 7) is 5.10. The Balaban J connectivity index is 1.52. The molecule has 4 rings (SSSR count). The molecule has 1 fully saturated rings. The van der Waals surface area contributed by atoms with Crippen molar-refractivity contribution in [1.82, 2.24) is 14.9 Å². The fourth-order valence-corrected chi connectivity index (χ4v) is 5.96. The Morgan fingerprint density at radius 2 is 1.46 bits per heavy atom. The van der Waals surface area contributed by atoms with Gasteiger partial charge in [-0.15, -0.1) is 0 Å². The van der Waals surface area contributed by atoms with Crippen LogP contribution in [0.5, 0.6) is 0 Å². The second-order valence-corrected chi connectivity index (χ2v) is 12.9. The summed E-state index contributed by atoms with van der Waals surface area (Å²) in [4.78, 5) is 29.3. The number of rotatable bonds is 15. The van der Waals surface area contributed by atoms with Crippen LogP contribution in [-0.2, 0) is 39.0 Å². The summed E-state index contributed by atoms with van der Waals surface area (Å²) >= 11 is 0. The van der Waals surface area contributed by atoms with Gasteiger partial charge < -0.3 is 10.2 Å². The van der Waals surface area contributed by atoms with Crippen LogP contribution in [0.1, 0.15) is 56.2 Å². The lowest BCUT2D eigenvalue weighted by molar-refractivity contribution is -0.141. The summed E-state index contributed by atoms with van der Waals surface area (Å²) in [5.41, 5.74) is 2.80. The van der Waals surface area contributed by atoms with Crippen LogP contribution in [-0.4, -0.2) is 43.8 Å². The number of amides is 2. The molecule has 0 spiro atoms. The highest BCUT2D eigenvalue weighted by atomic mass is 32.2. The molecule has 0 aliphatic heterocycles. The topological polar surface area (TPSA) is 95.6 Å². The maximum absolute atomic E-state index is 13.8. The van der Waals surface area contributed by atoms with Crippen molar-refractivity contribution in [2.75, 3.05) is 6.54 Å². The summed E-state index contributed by atoms with van der Waals surface area (Å²) in [5, 5.41) is 3.07. The third kappa shape index (κ3) is 9.54. The number of nitrogens with one attached hydrogen (secondary N) is 2. The van der Waals surface area contributed by atoms with E-state index in [1.54, 1.807) is 29.2 Å². The Bertz CT molecular complexity index is 1370. The van der Waals surface area contributed by atoms with Crippen molar-refractivity contribution in [2.45, 2.75) is 75.9 Å². The quantitative estimate of drug-likeness (QED) is 0.271. The lowest BCUT2D eigenvalue weighted by Gasteiger charge is -2.32. The SMILES string of the molecule is CC(C)CCNC(=O)[C@H](Cc1ccccc1)N(Cc1ccccc1)C(=O)CCc1ccc(S(=O)(=O)NC2CC2)cc1. The monoisotopic (exact) mass is 575 g/mol. The van der Waals surface area contributed by atoms with Crippen LogP contribution >= 0.6 is 0 Å². The van der Waals surface area contributed by atoms with E-state index in [-0.39, 0.29) is 29.2 Å². The predicted molar refractivity (Wildman–Crippen MR) is 161 cm³/mol. The molecule has 8 heteroatoms. The number of carbonyl (C=O) groups is 2. The van der Waals surface area contributed by atoms with Gasteiger partial charge in [-0.3, -0.25) is 9.59 Å². The van der Waals surface area contributed by atoms with Crippen molar-refractivity contribution in [3.05, 3.63) is 102 Å². The lowest BCUT2D eigenvalue weighted by Crippen LogP contribution is -2.50. The van der Waals surface area contributed by atoms with Crippen molar-refractivity contribution in [2.24, 2.45) is 5.92 Å². The zero-order valence-electron chi connectivity index (χ0n) is 24.0. The predicted octanol–water partition coefficient (Wildman–Crippen LogP) is 4.86. The maximum atomic E-state index is 13.8. The van der Waals surface area contributed by atoms with Crippen LogP contribution < -0.4 is 10.0 Å². The van der Waals surface area contributed by atoms with Crippen molar-refractivity contribution in [3.63, 3.8) is 0 Å². The molecule has 0 unspecified atom stereocenters. The summed E-state index contributed by atoms with van der Waals surface area (Å²) in [6.07, 6.45) is 3.66. The minimum Gasteiger partial charge on any atom is -0.354 e. The van der Waals surface area contributed by atoms with Gasteiger partial charge in [-0.2, -0.15) is 0 Å². The largest absolute Gasteiger partial charge is 0.354 e. The Morgan fingerprint density at radius 1 is 0.854 bits per heavy atom. The number of aryl methyl sites for hydroxylation is 1. The smallest absolute Gasteiger partial charge is 0.243 e. The van der Waals surface area contributed by atoms with Gasteiger partial charge in [-0.05, 0) is 60.4 Å². The molecule has 1 atom stereocenters. The first-order valence-electron chi connectivity index (χ1n) is 14.5. The second kappa shape index (κ2) is 14.4. The third-order valence-electron chi connectivity index (χ3n) is 7.25. The van der Waals surface area contributed by atoms with E-state index in [9.17, 15) is 18.0 Å². The maximum Gasteiger partial charge on any atom is 0.243 e. The van der Waals surface area contributed by atoms with E-state index in [0.717, 1.165) is 36.0 Å². The van der Waals surface area contributed by atoms with Gasteiger partial charge in [0, 0.05) is 32.0 Å². The van der Waals surface area contributed by atoms with Gasteiger partial charge in [0.1, 0.15) is 6.04 Å². The van der Waals surface area contributed by atoms with Gasteiger partial charge in [0.05, 0.1) is 4.90 Å². The first kappa shape index (κ1) is 30.5. The van der Waals surface area contributed by atoms with Crippen LogP contribution in [0.4, 0.5) is 0 Å². The van der Waals surface area contributed by atoms with Crippen LogP contribution in [0.3, 0.4) is 0 Å². The normalized spacial score (nSPS) is 14.0. The van der Waals surface area contributed by atoms with E-state index in [0.29, 0.717) is 31.8 Å². The highest BCUT2D eigenvalue weighted by molar-refractivity contribution is 7.89. The van der Waals surface area contributed by atoms with E-state index in [1.807, 2.05) is 60.7 Å². The molecule has 3 aromatic rings. The van der Waals surface area contributed by atoms with Gasteiger partial charge >= 0.3 is 0 Å². The molecule has 0 aromatic heterocycles. The molecule has 1 aliphatic carbocycles. The summed E-state index contributed by atoms with van der Waals surface area (Å²) < 4.78 is 27.7. The van der Waals surface area contributed by atoms with E-state index >= 15 is 0 Å². The van der Waals surface area contributed by atoms with Gasteiger partial charge in [-0.25, -0.2) is 13.1 Å². The van der Waals surface area contributed by atoms with Crippen LogP contribution in [0.2, 0.25) is 0 Å². The van der Waals surface area contributed by atoms with Crippen LogP contribution in [0.25, 0.3) is 0 Å². The van der Waals surface area contributed by atoms with Crippen molar-refractivity contribution in [3.8, 4) is 0 Å². The Hall–Kier alpha value is -3.49. The molecule has 218 valence electrons. The first-order valence-corrected chi connectivity index (χ1v) is 16.0. The average Bonchev–Trinajstić information content (AvgIpc) is 3.78. The molecule has 0 heterocycles. The first-order chi connectivity index (χ1) is 19.7. The van der Waals surface area contributed by atoms with E-state index < -0.39 is 16.1 Å². The fourth-order valence-electron chi connectivity index (χ4n) is 4.65. The van der Waals surface area contributed by atoms with Gasteiger partial charge in [0.15, 0.2) is 0 Å². The molecule has 1 saturated carbocycles. The number of hydrogen-bond acceptors (Lipinski definition) is 4. The number of benzene rings is 3. The average molecular weight is 576 g/mol. The standard InChI is InChI=1S/C33H41N3O4S/c1-25(2)21-22-34-33(38)31(23-27-9-5-3-6-10-27)36(24-28-11-7-4-8-12-28)32(37)20-15-26-13-18-30(19-14-26)41(39,40)35-29-16-17-29/h3-14,18-19,25,29,31,35H,15-17,20-24H2,1-2H3,(H,34,38)/t31-/m0/s1. The van der Waals surface area contributed by atoms with Crippen molar-refractivity contribution >= 4 is 21.8 Å². The minimum absolute atomic E-state index is 0.0410. The molecular formula is C33H41N3O4S. The van der Waals surface area contributed by atoms with Gasteiger partial charge in [0.2, 0.25) is 21.8 Å². The van der Waals surface area contributed by atoms with Crippen LogP contribution in [0.15, 0.2) is 89.8 Å². The number of hydrogen-bond donors (Lipinski definition) is 2. The van der Waals surface area contributed by atoms with E-state index in [1.165, 1.54) is 0 Å². The second-order valence-electron chi connectivity index (χ2n) is 11.2. The Labute approximate surface area is 244 Å². The molecule has 0 bridgehead atoms. The zero-order chi connectivity index (χ0) is 29.2. The molecule has 7 nitrogen and oxygen atoms in total. The molecular weight excluding hydrogens is 534 g/mol. The molecule has 41 heavy (non-hydrogen) atoms. The zero-order valence-corrected chi connectivity index (χ0v) is 24.8. The summed E-state index contributed by atoms with van der Waals surface area (Å²) in [5.74, 6) is 0.174.